The molecule has 244 valence electrons. The second-order valence-electron chi connectivity index (χ2n) is 13.6. The fourth-order valence-corrected chi connectivity index (χ4v) is 8.80. The fraction of sp³-hybridized carbons (Fsp3) is 0.0196. The molecule has 1 aliphatic carbocycles. The highest BCUT2D eigenvalue weighted by Crippen LogP contribution is 2.63. The quantitative estimate of drug-likeness (QED) is 0.171. The molecule has 0 N–H and O–H groups in total. The molecule has 1 aliphatic rings. The summed E-state index contributed by atoms with van der Waals surface area (Å²) in [6.45, 7) is 0. The first-order valence-electron chi connectivity index (χ1n) is 18.0. The number of hydrogen-bond acceptors (Lipinski definition) is 1. The van der Waals surface area contributed by atoms with Gasteiger partial charge in [-0.1, -0.05) is 188 Å². The van der Waals surface area contributed by atoms with E-state index in [1.807, 2.05) is 0 Å². The SMILES string of the molecule is c1ccc(-c2c(N(c3ccccc3)c3ccc4ccccc4c3)c3c(c4ccccc24)C(c2ccccc2)(c2ccccc2)c2ccccc2-3)cc1. The Morgan fingerprint density at radius 3 is 1.60 bits per heavy atom. The third-order valence-electron chi connectivity index (χ3n) is 10.9. The fourth-order valence-electron chi connectivity index (χ4n) is 8.80. The molecule has 10 rings (SSSR count). The molecule has 0 unspecified atom stereocenters. The molecule has 0 aliphatic heterocycles. The Labute approximate surface area is 304 Å². The van der Waals surface area contributed by atoms with E-state index in [2.05, 4.69) is 217 Å². The second-order valence-corrected chi connectivity index (χ2v) is 13.6. The summed E-state index contributed by atoms with van der Waals surface area (Å²) in [5.41, 5.74) is 12.9. The molecule has 0 aromatic heterocycles. The Bertz CT molecular complexity index is 2680. The zero-order valence-electron chi connectivity index (χ0n) is 28.7. The first-order valence-corrected chi connectivity index (χ1v) is 18.0. The van der Waals surface area contributed by atoms with Crippen LogP contribution in [0, 0.1) is 0 Å². The zero-order chi connectivity index (χ0) is 34.5. The van der Waals surface area contributed by atoms with Crippen LogP contribution in [-0.2, 0) is 5.41 Å². The molecule has 0 spiro atoms. The summed E-state index contributed by atoms with van der Waals surface area (Å²) < 4.78 is 0. The Morgan fingerprint density at radius 1 is 0.365 bits per heavy atom. The predicted octanol–water partition coefficient (Wildman–Crippen LogP) is 13.5. The summed E-state index contributed by atoms with van der Waals surface area (Å²) in [6, 6.07) is 77.9. The van der Waals surface area contributed by atoms with Crippen molar-refractivity contribution in [1.29, 1.82) is 0 Å². The lowest BCUT2D eigenvalue weighted by Crippen LogP contribution is -2.29. The van der Waals surface area contributed by atoms with Gasteiger partial charge in [0.15, 0.2) is 0 Å². The van der Waals surface area contributed by atoms with Gasteiger partial charge in [0.2, 0.25) is 0 Å². The maximum atomic E-state index is 2.52. The summed E-state index contributed by atoms with van der Waals surface area (Å²) in [4.78, 5) is 2.52. The molecule has 1 nitrogen and oxygen atoms in total. The zero-order valence-corrected chi connectivity index (χ0v) is 28.7. The minimum Gasteiger partial charge on any atom is -0.309 e. The van der Waals surface area contributed by atoms with Crippen molar-refractivity contribution >= 4 is 38.6 Å². The van der Waals surface area contributed by atoms with Crippen molar-refractivity contribution in [3.8, 4) is 22.3 Å². The van der Waals surface area contributed by atoms with Crippen LogP contribution in [0.5, 0.6) is 0 Å². The Kier molecular flexibility index (Phi) is 7.11. The van der Waals surface area contributed by atoms with Gasteiger partial charge in [0.05, 0.1) is 11.1 Å². The van der Waals surface area contributed by atoms with Crippen molar-refractivity contribution in [2.75, 3.05) is 4.90 Å². The van der Waals surface area contributed by atoms with Gasteiger partial charge in [-0.25, -0.2) is 0 Å². The van der Waals surface area contributed by atoms with Crippen molar-refractivity contribution in [2.24, 2.45) is 0 Å². The molecule has 0 saturated heterocycles. The normalized spacial score (nSPS) is 12.8. The molecule has 0 amide bonds. The number of nitrogens with zero attached hydrogens (tertiary/aromatic N) is 1. The van der Waals surface area contributed by atoms with E-state index in [0.29, 0.717) is 0 Å². The maximum Gasteiger partial charge on any atom is 0.0720 e. The highest BCUT2D eigenvalue weighted by Gasteiger charge is 2.49. The van der Waals surface area contributed by atoms with Gasteiger partial charge in [-0.05, 0) is 79.2 Å². The summed E-state index contributed by atoms with van der Waals surface area (Å²) in [5.74, 6) is 0. The van der Waals surface area contributed by atoms with E-state index in [1.54, 1.807) is 0 Å². The molecule has 1 heteroatoms. The predicted molar refractivity (Wildman–Crippen MR) is 219 cm³/mol. The Balaban J connectivity index is 1.47. The molecule has 0 radical (unpaired) electrons. The third-order valence-corrected chi connectivity index (χ3v) is 10.9. The minimum absolute atomic E-state index is 0.566. The minimum atomic E-state index is -0.566. The average Bonchev–Trinajstić information content (AvgIpc) is 3.54. The molecule has 0 atom stereocenters. The first-order chi connectivity index (χ1) is 25.8. The maximum absolute atomic E-state index is 2.52. The molecule has 0 fully saturated rings. The van der Waals surface area contributed by atoms with Crippen molar-refractivity contribution in [1.82, 2.24) is 0 Å². The van der Waals surface area contributed by atoms with Crippen molar-refractivity contribution in [3.05, 3.63) is 235 Å². The van der Waals surface area contributed by atoms with Crippen molar-refractivity contribution in [2.45, 2.75) is 5.41 Å². The molecule has 0 bridgehead atoms. The van der Waals surface area contributed by atoms with Gasteiger partial charge in [0, 0.05) is 22.5 Å². The van der Waals surface area contributed by atoms with Gasteiger partial charge >= 0.3 is 0 Å². The van der Waals surface area contributed by atoms with E-state index in [4.69, 9.17) is 0 Å². The van der Waals surface area contributed by atoms with Crippen LogP contribution in [0.4, 0.5) is 17.1 Å². The second kappa shape index (κ2) is 12.3. The monoisotopic (exact) mass is 661 g/mol. The van der Waals surface area contributed by atoms with Crippen LogP contribution in [0.3, 0.4) is 0 Å². The van der Waals surface area contributed by atoms with E-state index < -0.39 is 5.41 Å². The third kappa shape index (κ3) is 4.49. The van der Waals surface area contributed by atoms with Crippen LogP contribution < -0.4 is 4.90 Å². The van der Waals surface area contributed by atoms with Crippen LogP contribution in [-0.4, -0.2) is 0 Å². The lowest BCUT2D eigenvalue weighted by atomic mass is 9.66. The van der Waals surface area contributed by atoms with Crippen LogP contribution in [0.2, 0.25) is 0 Å². The largest absolute Gasteiger partial charge is 0.309 e. The van der Waals surface area contributed by atoms with Crippen LogP contribution in [0.1, 0.15) is 22.3 Å². The first kappa shape index (κ1) is 30.2. The van der Waals surface area contributed by atoms with Gasteiger partial charge in [-0.2, -0.15) is 0 Å². The van der Waals surface area contributed by atoms with Gasteiger partial charge in [0.25, 0.3) is 0 Å². The highest BCUT2D eigenvalue weighted by atomic mass is 15.1. The van der Waals surface area contributed by atoms with Gasteiger partial charge < -0.3 is 4.90 Å². The van der Waals surface area contributed by atoms with E-state index >= 15 is 0 Å². The Morgan fingerprint density at radius 2 is 0.904 bits per heavy atom. The summed E-state index contributed by atoms with van der Waals surface area (Å²) in [5, 5.41) is 4.93. The standard InChI is InChI=1S/C51H35N/c1-5-20-37(21-6-1)47-43-29-15-16-30-44(43)49-48(50(47)52(41-27-11-4-12-28-41)42-34-33-36-19-13-14-22-38(36)35-42)45-31-17-18-32-46(45)51(49,39-23-7-2-8-24-39)40-25-9-3-10-26-40/h1-35H. The lowest BCUT2D eigenvalue weighted by Gasteiger charge is -2.36. The van der Waals surface area contributed by atoms with E-state index in [9.17, 15) is 0 Å². The van der Waals surface area contributed by atoms with Crippen LogP contribution in [0.15, 0.2) is 212 Å². The summed E-state index contributed by atoms with van der Waals surface area (Å²) in [6.07, 6.45) is 0. The molecule has 9 aromatic carbocycles. The van der Waals surface area contributed by atoms with Crippen LogP contribution in [0.25, 0.3) is 43.8 Å². The number of para-hydroxylation sites is 1. The average molecular weight is 662 g/mol. The molecule has 52 heavy (non-hydrogen) atoms. The lowest BCUT2D eigenvalue weighted by molar-refractivity contribution is 0.775. The highest BCUT2D eigenvalue weighted by molar-refractivity contribution is 6.16. The smallest absolute Gasteiger partial charge is 0.0720 e. The van der Waals surface area contributed by atoms with Gasteiger partial charge in [-0.15, -0.1) is 0 Å². The van der Waals surface area contributed by atoms with E-state index in [1.165, 1.54) is 71.7 Å². The Hall–Kier alpha value is -6.70. The molecular formula is C51H35N. The molecular weight excluding hydrogens is 627 g/mol. The van der Waals surface area contributed by atoms with E-state index in [-0.39, 0.29) is 0 Å². The molecule has 0 saturated carbocycles. The van der Waals surface area contributed by atoms with Crippen molar-refractivity contribution in [3.63, 3.8) is 0 Å². The topological polar surface area (TPSA) is 3.24 Å². The summed E-state index contributed by atoms with van der Waals surface area (Å²) >= 11 is 0. The van der Waals surface area contributed by atoms with Crippen molar-refractivity contribution < 1.29 is 0 Å². The van der Waals surface area contributed by atoms with Crippen LogP contribution >= 0.6 is 0 Å². The molecule has 9 aromatic rings. The molecule has 0 heterocycles. The van der Waals surface area contributed by atoms with Gasteiger partial charge in [-0.3, -0.25) is 0 Å². The number of anilines is 3. The number of hydrogen-bond donors (Lipinski definition) is 0. The summed E-state index contributed by atoms with van der Waals surface area (Å²) in [7, 11) is 0. The number of fused-ring (bicyclic) bond motifs is 6. The van der Waals surface area contributed by atoms with E-state index in [0.717, 1.165) is 11.4 Å². The number of rotatable bonds is 6. The van der Waals surface area contributed by atoms with Gasteiger partial charge in [0.1, 0.15) is 0 Å². The number of benzene rings is 9.